The summed E-state index contributed by atoms with van der Waals surface area (Å²) in [5.41, 5.74) is 0. The third-order valence-corrected chi connectivity index (χ3v) is 3.74. The van der Waals surface area contributed by atoms with E-state index < -0.39 is 0 Å². The standard InChI is InChI=1S/C9H14N2O2S2/c1-11-8(12)5-6(9(11)13)15-4-2-3-7(10)14/h6H,2-5H2,1H3,(H2,10,14). The Bertz CT molecular complexity index is 294. The number of amides is 2. The molecule has 0 spiro atoms. The van der Waals surface area contributed by atoms with Crippen LogP contribution in [0.1, 0.15) is 19.3 Å². The first-order valence-electron chi connectivity index (χ1n) is 4.70. The van der Waals surface area contributed by atoms with E-state index in [0.717, 1.165) is 12.2 Å². The number of thioether (sulfide) groups is 1. The molecular weight excluding hydrogens is 232 g/mol. The first-order valence-corrected chi connectivity index (χ1v) is 6.20. The van der Waals surface area contributed by atoms with Crippen LogP contribution in [0.15, 0.2) is 0 Å². The van der Waals surface area contributed by atoms with E-state index >= 15 is 0 Å². The van der Waals surface area contributed by atoms with Crippen molar-refractivity contribution >= 4 is 41.2 Å². The highest BCUT2D eigenvalue weighted by molar-refractivity contribution is 8.00. The van der Waals surface area contributed by atoms with Crippen LogP contribution in [-0.2, 0) is 9.59 Å². The summed E-state index contributed by atoms with van der Waals surface area (Å²) in [4.78, 5) is 23.8. The van der Waals surface area contributed by atoms with Gasteiger partial charge in [-0.2, -0.15) is 0 Å². The van der Waals surface area contributed by atoms with Gasteiger partial charge in [0, 0.05) is 13.5 Å². The Morgan fingerprint density at radius 3 is 2.80 bits per heavy atom. The molecule has 0 aromatic heterocycles. The van der Waals surface area contributed by atoms with Crippen molar-refractivity contribution in [1.82, 2.24) is 4.90 Å². The molecule has 0 aliphatic carbocycles. The van der Waals surface area contributed by atoms with Crippen molar-refractivity contribution in [1.29, 1.82) is 5.41 Å². The molecule has 1 atom stereocenters. The second-order valence-electron chi connectivity index (χ2n) is 3.40. The Kier molecular flexibility index (Phi) is 4.66. The van der Waals surface area contributed by atoms with E-state index in [-0.39, 0.29) is 17.1 Å². The zero-order valence-electron chi connectivity index (χ0n) is 8.52. The lowest BCUT2D eigenvalue weighted by Crippen LogP contribution is -2.26. The molecule has 1 aliphatic heterocycles. The number of nitrogens with one attached hydrogen (secondary N) is 1. The maximum atomic E-state index is 11.5. The van der Waals surface area contributed by atoms with Gasteiger partial charge in [0.25, 0.3) is 0 Å². The quantitative estimate of drug-likeness (QED) is 0.252. The number of carbonyl (C=O) groups is 2. The second kappa shape index (κ2) is 5.55. The summed E-state index contributed by atoms with van der Waals surface area (Å²) in [6.07, 6.45) is 1.79. The zero-order chi connectivity index (χ0) is 11.4. The lowest BCUT2D eigenvalue weighted by atomic mass is 10.3. The highest BCUT2D eigenvalue weighted by Crippen LogP contribution is 2.24. The van der Waals surface area contributed by atoms with Gasteiger partial charge < -0.3 is 0 Å². The Morgan fingerprint density at radius 2 is 2.33 bits per heavy atom. The minimum atomic E-state index is -0.211. The van der Waals surface area contributed by atoms with Crippen LogP contribution in [0.3, 0.4) is 0 Å². The van der Waals surface area contributed by atoms with Gasteiger partial charge in [-0.15, -0.1) is 24.4 Å². The Balaban J connectivity index is 2.26. The van der Waals surface area contributed by atoms with E-state index in [9.17, 15) is 9.59 Å². The number of nitrogens with zero attached hydrogens (tertiary/aromatic N) is 1. The highest BCUT2D eigenvalue weighted by atomic mass is 32.2. The molecule has 0 bridgehead atoms. The normalized spacial score (nSPS) is 21.2. The minimum Gasteiger partial charge on any atom is -0.299 e. The molecule has 1 heterocycles. The fourth-order valence-electron chi connectivity index (χ4n) is 1.32. The van der Waals surface area contributed by atoms with Crippen molar-refractivity contribution < 1.29 is 9.59 Å². The number of hydrogen-bond donors (Lipinski definition) is 2. The van der Waals surface area contributed by atoms with E-state index in [4.69, 9.17) is 5.41 Å². The van der Waals surface area contributed by atoms with Crippen LogP contribution >= 0.6 is 24.4 Å². The second-order valence-corrected chi connectivity index (χ2v) is 5.26. The zero-order valence-corrected chi connectivity index (χ0v) is 10.2. The van der Waals surface area contributed by atoms with Crippen molar-refractivity contribution in [2.75, 3.05) is 12.8 Å². The van der Waals surface area contributed by atoms with Crippen LogP contribution in [0, 0.1) is 5.41 Å². The van der Waals surface area contributed by atoms with Gasteiger partial charge in [0.05, 0.1) is 10.3 Å². The molecule has 1 unspecified atom stereocenters. The first kappa shape index (κ1) is 12.6. The summed E-state index contributed by atoms with van der Waals surface area (Å²) < 4.78 is 0. The molecule has 1 saturated heterocycles. The van der Waals surface area contributed by atoms with Gasteiger partial charge in [-0.1, -0.05) is 0 Å². The number of likely N-dealkylation sites (tertiary alicyclic amines) is 1. The molecule has 1 aliphatic rings. The molecule has 2 amide bonds. The summed E-state index contributed by atoms with van der Waals surface area (Å²) >= 11 is 5.37. The third kappa shape index (κ3) is 3.53. The molecule has 0 aromatic rings. The maximum Gasteiger partial charge on any atom is 0.242 e. The molecule has 84 valence electrons. The fourth-order valence-corrected chi connectivity index (χ4v) is 2.63. The van der Waals surface area contributed by atoms with Gasteiger partial charge in [-0.25, -0.2) is 0 Å². The minimum absolute atomic E-state index is 0.0917. The van der Waals surface area contributed by atoms with E-state index in [1.807, 2.05) is 0 Å². The van der Waals surface area contributed by atoms with Crippen molar-refractivity contribution in [2.24, 2.45) is 0 Å². The SMILES string of the molecule is CN1C(=O)CC(SCCCC(=N)S)C1=O. The Labute approximate surface area is 98.7 Å². The summed E-state index contributed by atoms with van der Waals surface area (Å²) in [6, 6.07) is 0. The predicted molar refractivity (Wildman–Crippen MR) is 64.6 cm³/mol. The van der Waals surface area contributed by atoms with Crippen molar-refractivity contribution in [2.45, 2.75) is 24.5 Å². The Hall–Kier alpha value is -0.490. The average molecular weight is 246 g/mol. The van der Waals surface area contributed by atoms with E-state index in [0.29, 0.717) is 17.9 Å². The van der Waals surface area contributed by atoms with Gasteiger partial charge in [0.2, 0.25) is 11.8 Å². The Morgan fingerprint density at radius 1 is 1.67 bits per heavy atom. The van der Waals surface area contributed by atoms with Crippen LogP contribution in [0.25, 0.3) is 0 Å². The number of rotatable bonds is 5. The van der Waals surface area contributed by atoms with Gasteiger partial charge in [-0.05, 0) is 18.6 Å². The van der Waals surface area contributed by atoms with Crippen LogP contribution < -0.4 is 0 Å². The first-order chi connectivity index (χ1) is 7.02. The van der Waals surface area contributed by atoms with Crippen LogP contribution in [0.5, 0.6) is 0 Å². The molecule has 0 aromatic carbocycles. The molecule has 4 nitrogen and oxygen atoms in total. The number of thiol groups is 1. The van der Waals surface area contributed by atoms with E-state index in [2.05, 4.69) is 12.6 Å². The molecule has 15 heavy (non-hydrogen) atoms. The molecule has 6 heteroatoms. The number of imide groups is 1. The van der Waals surface area contributed by atoms with Crippen LogP contribution in [0.2, 0.25) is 0 Å². The smallest absolute Gasteiger partial charge is 0.242 e. The van der Waals surface area contributed by atoms with E-state index in [1.165, 1.54) is 23.7 Å². The van der Waals surface area contributed by atoms with Gasteiger partial charge in [0.1, 0.15) is 0 Å². The van der Waals surface area contributed by atoms with Gasteiger partial charge >= 0.3 is 0 Å². The highest BCUT2D eigenvalue weighted by Gasteiger charge is 2.35. The maximum absolute atomic E-state index is 11.5. The lowest BCUT2D eigenvalue weighted by molar-refractivity contribution is -0.136. The largest absolute Gasteiger partial charge is 0.299 e. The summed E-state index contributed by atoms with van der Waals surface area (Å²) in [5.74, 6) is 0.603. The molecular formula is C9H14N2O2S2. The molecule has 1 fully saturated rings. The number of carbonyl (C=O) groups excluding carboxylic acids is 2. The monoisotopic (exact) mass is 246 g/mol. The molecule has 0 radical (unpaired) electrons. The summed E-state index contributed by atoms with van der Waals surface area (Å²) in [5, 5.41) is 7.26. The summed E-state index contributed by atoms with van der Waals surface area (Å²) in [7, 11) is 1.52. The van der Waals surface area contributed by atoms with Crippen molar-refractivity contribution in [3.63, 3.8) is 0 Å². The fraction of sp³-hybridized carbons (Fsp3) is 0.667. The van der Waals surface area contributed by atoms with Crippen LogP contribution in [0.4, 0.5) is 0 Å². The van der Waals surface area contributed by atoms with E-state index in [1.54, 1.807) is 0 Å². The molecule has 1 N–H and O–H groups in total. The van der Waals surface area contributed by atoms with Crippen LogP contribution in [-0.4, -0.2) is 39.8 Å². The van der Waals surface area contributed by atoms with Crippen molar-refractivity contribution in [3.8, 4) is 0 Å². The predicted octanol–water partition coefficient (Wildman–Crippen LogP) is 1.16. The lowest BCUT2D eigenvalue weighted by Gasteiger charge is -2.07. The number of hydrogen-bond acceptors (Lipinski definition) is 4. The third-order valence-electron chi connectivity index (χ3n) is 2.22. The van der Waals surface area contributed by atoms with Crippen molar-refractivity contribution in [3.05, 3.63) is 0 Å². The average Bonchev–Trinajstić information content (AvgIpc) is 2.41. The molecule has 1 rings (SSSR count). The molecule has 0 saturated carbocycles. The topological polar surface area (TPSA) is 61.2 Å². The van der Waals surface area contributed by atoms with Gasteiger partial charge in [0.15, 0.2) is 0 Å². The van der Waals surface area contributed by atoms with Gasteiger partial charge in [-0.3, -0.25) is 19.9 Å². The summed E-state index contributed by atoms with van der Waals surface area (Å²) in [6.45, 7) is 0.